The largest absolute Gasteiger partial charge is 0.486 e. The Morgan fingerprint density at radius 3 is 2.76 bits per heavy atom. The Morgan fingerprint density at radius 2 is 2.00 bits per heavy atom. The topological polar surface area (TPSA) is 77.4 Å². The number of nitrogens with one attached hydrogen (secondary N) is 2. The number of urea groups is 1. The summed E-state index contributed by atoms with van der Waals surface area (Å²) in [4.78, 5) is 16.8. The summed E-state index contributed by atoms with van der Waals surface area (Å²) in [6.45, 7) is 0.568. The fourth-order valence-corrected chi connectivity index (χ4v) is 3.20. The summed E-state index contributed by atoms with van der Waals surface area (Å²) < 4.78 is 27.6. The number of aryl methyl sites for hydroxylation is 1. The predicted molar refractivity (Wildman–Crippen MR) is 104 cm³/mol. The molecule has 0 bridgehead atoms. The lowest BCUT2D eigenvalue weighted by Gasteiger charge is -2.27. The molecule has 2 aromatic carbocycles. The standard InChI is InChI=1S/C21H21FN4O3/c1-26-11-10-23-20(26)19(15-6-2-3-7-16(15)22)25-21(27)24-12-14-13-28-17-8-4-5-9-18(17)29-14/h2-11,14,19H,12-13H2,1H3,(H2,24,25,27)/t14-,19-/m1/s1. The Labute approximate surface area is 167 Å². The summed E-state index contributed by atoms with van der Waals surface area (Å²) in [7, 11) is 1.79. The number of benzene rings is 2. The van der Waals surface area contributed by atoms with Gasteiger partial charge >= 0.3 is 6.03 Å². The lowest BCUT2D eigenvalue weighted by atomic mass is 10.1. The van der Waals surface area contributed by atoms with Crippen molar-refractivity contribution in [3.8, 4) is 11.5 Å². The minimum Gasteiger partial charge on any atom is -0.486 e. The van der Waals surface area contributed by atoms with Gasteiger partial charge in [0.05, 0.1) is 6.54 Å². The van der Waals surface area contributed by atoms with Gasteiger partial charge in [-0.05, 0) is 18.2 Å². The number of carbonyl (C=O) groups is 1. The number of imidazole rings is 1. The maximum atomic E-state index is 14.4. The zero-order chi connectivity index (χ0) is 20.2. The fraction of sp³-hybridized carbons (Fsp3) is 0.238. The molecule has 1 aliphatic heterocycles. The van der Waals surface area contributed by atoms with Gasteiger partial charge in [0.1, 0.15) is 24.3 Å². The number of carbonyl (C=O) groups excluding carboxylic acids is 1. The molecule has 2 heterocycles. The Hall–Kier alpha value is -3.55. The van der Waals surface area contributed by atoms with Gasteiger partial charge in [-0.15, -0.1) is 0 Å². The van der Waals surface area contributed by atoms with Crippen LogP contribution in [0.2, 0.25) is 0 Å². The van der Waals surface area contributed by atoms with Crippen LogP contribution in [0.15, 0.2) is 60.9 Å². The van der Waals surface area contributed by atoms with E-state index >= 15 is 0 Å². The Balaban J connectivity index is 1.43. The van der Waals surface area contributed by atoms with Crippen LogP contribution in [0.1, 0.15) is 17.4 Å². The van der Waals surface area contributed by atoms with E-state index in [9.17, 15) is 9.18 Å². The molecular formula is C21H21FN4O3. The Kier molecular flexibility index (Phi) is 5.33. The number of amides is 2. The highest BCUT2D eigenvalue weighted by Crippen LogP contribution is 2.30. The molecule has 1 aliphatic rings. The first-order valence-corrected chi connectivity index (χ1v) is 9.26. The van der Waals surface area contributed by atoms with Crippen molar-refractivity contribution in [2.24, 2.45) is 7.05 Å². The number of hydrogen-bond acceptors (Lipinski definition) is 4. The van der Waals surface area contributed by atoms with Crippen LogP contribution in [0, 0.1) is 5.82 Å². The molecular weight excluding hydrogens is 375 g/mol. The van der Waals surface area contributed by atoms with E-state index in [1.54, 1.807) is 42.2 Å². The summed E-state index contributed by atoms with van der Waals surface area (Å²) in [5.74, 6) is 1.43. The smallest absolute Gasteiger partial charge is 0.315 e. The summed E-state index contributed by atoms with van der Waals surface area (Å²) in [5.41, 5.74) is 0.336. The molecule has 29 heavy (non-hydrogen) atoms. The van der Waals surface area contributed by atoms with Crippen molar-refractivity contribution in [2.75, 3.05) is 13.2 Å². The maximum absolute atomic E-state index is 14.4. The molecule has 3 aromatic rings. The molecule has 0 unspecified atom stereocenters. The Bertz CT molecular complexity index is 1010. The Morgan fingerprint density at radius 1 is 1.24 bits per heavy atom. The normalized spacial score (nSPS) is 16.1. The lowest BCUT2D eigenvalue weighted by molar-refractivity contribution is 0.0917. The number of ether oxygens (including phenoxy) is 2. The minimum absolute atomic E-state index is 0.241. The van der Waals surface area contributed by atoms with Crippen LogP contribution >= 0.6 is 0 Å². The molecule has 7 nitrogen and oxygen atoms in total. The monoisotopic (exact) mass is 396 g/mol. The average Bonchev–Trinajstić information content (AvgIpc) is 3.16. The van der Waals surface area contributed by atoms with Gasteiger partial charge in [0.15, 0.2) is 17.6 Å². The second-order valence-corrected chi connectivity index (χ2v) is 6.70. The van der Waals surface area contributed by atoms with E-state index in [4.69, 9.17) is 9.47 Å². The second kappa shape index (κ2) is 8.22. The lowest BCUT2D eigenvalue weighted by Crippen LogP contribution is -2.45. The first kappa shape index (κ1) is 18.8. The number of nitrogens with zero attached hydrogens (tertiary/aromatic N) is 2. The van der Waals surface area contributed by atoms with Crippen molar-refractivity contribution in [1.29, 1.82) is 0 Å². The highest BCUT2D eigenvalue weighted by atomic mass is 19.1. The molecule has 0 aliphatic carbocycles. The van der Waals surface area contributed by atoms with Crippen molar-refractivity contribution < 1.29 is 18.7 Å². The molecule has 0 spiro atoms. The first-order valence-electron chi connectivity index (χ1n) is 9.26. The minimum atomic E-state index is -0.736. The number of aromatic nitrogens is 2. The zero-order valence-electron chi connectivity index (χ0n) is 15.8. The highest BCUT2D eigenvalue weighted by molar-refractivity contribution is 5.75. The van der Waals surface area contributed by atoms with E-state index in [1.165, 1.54) is 6.07 Å². The molecule has 0 radical (unpaired) electrons. The third kappa shape index (κ3) is 4.16. The SMILES string of the molecule is Cn1ccnc1[C@H](NC(=O)NC[C@@H]1COc2ccccc2O1)c1ccccc1F. The van der Waals surface area contributed by atoms with E-state index in [0.717, 1.165) is 0 Å². The van der Waals surface area contributed by atoms with Gasteiger partial charge in [-0.2, -0.15) is 0 Å². The van der Waals surface area contributed by atoms with E-state index in [2.05, 4.69) is 15.6 Å². The maximum Gasteiger partial charge on any atom is 0.315 e. The molecule has 0 saturated heterocycles. The van der Waals surface area contributed by atoms with Crippen LogP contribution in [0.4, 0.5) is 9.18 Å². The number of halogens is 1. The molecule has 2 atom stereocenters. The number of fused-ring (bicyclic) bond motifs is 1. The van der Waals surface area contributed by atoms with E-state index in [-0.39, 0.29) is 12.6 Å². The van der Waals surface area contributed by atoms with Crippen molar-refractivity contribution in [3.63, 3.8) is 0 Å². The van der Waals surface area contributed by atoms with Gasteiger partial charge in [0, 0.05) is 25.0 Å². The summed E-state index contributed by atoms with van der Waals surface area (Å²) in [6, 6.07) is 12.5. The van der Waals surface area contributed by atoms with Crippen molar-refractivity contribution in [3.05, 3.63) is 78.1 Å². The average molecular weight is 396 g/mol. The molecule has 4 rings (SSSR count). The predicted octanol–water partition coefficient (Wildman–Crippen LogP) is 2.79. The van der Waals surface area contributed by atoms with E-state index in [1.807, 2.05) is 24.3 Å². The van der Waals surface area contributed by atoms with Gasteiger partial charge in [-0.1, -0.05) is 30.3 Å². The quantitative estimate of drug-likeness (QED) is 0.695. The van der Waals surface area contributed by atoms with Crippen LogP contribution in [0.5, 0.6) is 11.5 Å². The fourth-order valence-electron chi connectivity index (χ4n) is 3.20. The second-order valence-electron chi connectivity index (χ2n) is 6.70. The molecule has 2 amide bonds. The molecule has 8 heteroatoms. The molecule has 2 N–H and O–H groups in total. The van der Waals surface area contributed by atoms with Crippen LogP contribution in [0.25, 0.3) is 0 Å². The van der Waals surface area contributed by atoms with Crippen molar-refractivity contribution in [2.45, 2.75) is 12.1 Å². The van der Waals surface area contributed by atoms with Gasteiger partial charge in [0.25, 0.3) is 0 Å². The summed E-state index contributed by atoms with van der Waals surface area (Å²) >= 11 is 0. The zero-order valence-corrected chi connectivity index (χ0v) is 15.8. The van der Waals surface area contributed by atoms with Crippen LogP contribution in [0.3, 0.4) is 0 Å². The third-order valence-electron chi connectivity index (χ3n) is 4.67. The summed E-state index contributed by atoms with van der Waals surface area (Å²) in [6.07, 6.45) is 3.02. The van der Waals surface area contributed by atoms with Crippen LogP contribution < -0.4 is 20.1 Å². The number of rotatable bonds is 5. The van der Waals surface area contributed by atoms with Crippen LogP contribution in [-0.4, -0.2) is 34.8 Å². The summed E-state index contributed by atoms with van der Waals surface area (Å²) in [5, 5.41) is 5.58. The van der Waals surface area contributed by atoms with E-state index < -0.39 is 17.9 Å². The highest BCUT2D eigenvalue weighted by Gasteiger charge is 2.25. The van der Waals surface area contributed by atoms with Crippen molar-refractivity contribution in [1.82, 2.24) is 20.2 Å². The number of hydrogen-bond donors (Lipinski definition) is 2. The van der Waals surface area contributed by atoms with E-state index in [0.29, 0.717) is 29.5 Å². The van der Waals surface area contributed by atoms with Crippen LogP contribution in [-0.2, 0) is 7.05 Å². The van der Waals surface area contributed by atoms with Gasteiger partial charge in [-0.25, -0.2) is 14.2 Å². The first-order chi connectivity index (χ1) is 14.1. The molecule has 150 valence electrons. The molecule has 0 saturated carbocycles. The van der Waals surface area contributed by atoms with Crippen molar-refractivity contribution >= 4 is 6.03 Å². The third-order valence-corrected chi connectivity index (χ3v) is 4.67. The molecule has 1 aromatic heterocycles. The van der Waals surface area contributed by atoms with Gasteiger partial charge in [0.2, 0.25) is 0 Å². The molecule has 0 fully saturated rings. The van der Waals surface area contributed by atoms with Gasteiger partial charge in [-0.3, -0.25) is 0 Å². The van der Waals surface area contributed by atoms with Gasteiger partial charge < -0.3 is 24.7 Å². The number of para-hydroxylation sites is 2.